The van der Waals surface area contributed by atoms with Crippen molar-refractivity contribution in [1.29, 1.82) is 0 Å². The van der Waals surface area contributed by atoms with Crippen molar-refractivity contribution in [3.8, 4) is 0 Å². The van der Waals surface area contributed by atoms with E-state index in [2.05, 4.69) is 30.3 Å². The Hall–Kier alpha value is -3.98. The number of carboxylic acids is 1. The fraction of sp³-hybridized carbons (Fsp3) is 0.600. The van der Waals surface area contributed by atoms with Crippen LogP contribution in [-0.2, 0) is 30.5 Å². The summed E-state index contributed by atoms with van der Waals surface area (Å²) in [6, 6.07) is -1.16. The van der Waals surface area contributed by atoms with Crippen LogP contribution >= 0.6 is 0 Å². The Balaban J connectivity index is 2.28. The van der Waals surface area contributed by atoms with Crippen LogP contribution in [0.1, 0.15) is 31.4 Å². The molecule has 0 radical (unpaired) electrons. The van der Waals surface area contributed by atoms with Crippen LogP contribution in [0.2, 0.25) is 0 Å². The summed E-state index contributed by atoms with van der Waals surface area (Å²) in [5.74, 6) is -2.27. The second-order valence-corrected chi connectivity index (χ2v) is 6.20. The lowest BCUT2D eigenvalue weighted by Gasteiger charge is -2.14. The third-order valence-electron chi connectivity index (χ3n) is 3.82. The molecule has 0 bridgehead atoms. The van der Waals surface area contributed by atoms with E-state index in [1.165, 1.54) is 12.5 Å². The zero-order valence-electron chi connectivity index (χ0n) is 16.2. The quantitative estimate of drug-likeness (QED) is 0.177. The highest BCUT2D eigenvalue weighted by Crippen LogP contribution is 2.07. The van der Waals surface area contributed by atoms with Crippen molar-refractivity contribution in [3.05, 3.63) is 38.4 Å². The normalized spacial score (nSPS) is 12.3. The van der Waals surface area contributed by atoms with Gasteiger partial charge < -0.3 is 30.4 Å². The molecular weight excluding hydrogens is 424 g/mol. The topological polar surface area (TPSA) is 229 Å². The summed E-state index contributed by atoms with van der Waals surface area (Å²) in [5.41, 5.74) is 0.531. The van der Waals surface area contributed by atoms with Crippen molar-refractivity contribution >= 4 is 17.8 Å². The number of rotatable bonds is 16. The SMILES string of the molecule is O=C(CCC[C@@H](CO[N+](=O)[O-])O[N+](=O)[O-])NCCC(=O)NC(Cc1cnc[nH]1)C(=O)O. The van der Waals surface area contributed by atoms with Gasteiger partial charge in [0.15, 0.2) is 0 Å². The van der Waals surface area contributed by atoms with Gasteiger partial charge in [0.1, 0.15) is 18.8 Å². The summed E-state index contributed by atoms with van der Waals surface area (Å²) in [6.07, 6.45) is 1.46. The van der Waals surface area contributed by atoms with E-state index in [4.69, 9.17) is 0 Å². The summed E-state index contributed by atoms with van der Waals surface area (Å²) in [5, 5.41) is 32.3. The van der Waals surface area contributed by atoms with Gasteiger partial charge in [0.05, 0.1) is 6.33 Å². The van der Waals surface area contributed by atoms with Gasteiger partial charge in [0.25, 0.3) is 10.2 Å². The molecule has 0 saturated heterocycles. The maximum atomic E-state index is 11.9. The lowest BCUT2D eigenvalue weighted by Crippen LogP contribution is -2.43. The predicted molar refractivity (Wildman–Crippen MR) is 98.1 cm³/mol. The van der Waals surface area contributed by atoms with E-state index in [0.29, 0.717) is 5.69 Å². The van der Waals surface area contributed by atoms with Crippen LogP contribution in [0, 0.1) is 20.2 Å². The number of carbonyl (C=O) groups is 3. The van der Waals surface area contributed by atoms with E-state index in [1.807, 2.05) is 0 Å². The molecule has 1 heterocycles. The summed E-state index contributed by atoms with van der Waals surface area (Å²) < 4.78 is 0. The van der Waals surface area contributed by atoms with E-state index in [0.717, 1.165) is 0 Å². The van der Waals surface area contributed by atoms with Crippen molar-refractivity contribution in [1.82, 2.24) is 20.6 Å². The molecule has 0 aromatic carbocycles. The smallest absolute Gasteiger partial charge is 0.326 e. The van der Waals surface area contributed by atoms with Crippen LogP contribution in [0.25, 0.3) is 0 Å². The molecule has 2 atom stereocenters. The van der Waals surface area contributed by atoms with Crippen molar-refractivity contribution in [2.45, 2.75) is 44.2 Å². The molecule has 1 aromatic rings. The molecule has 31 heavy (non-hydrogen) atoms. The summed E-state index contributed by atoms with van der Waals surface area (Å²) >= 11 is 0. The van der Waals surface area contributed by atoms with Crippen LogP contribution in [0.4, 0.5) is 0 Å². The molecule has 4 N–H and O–H groups in total. The Morgan fingerprint density at radius 3 is 2.52 bits per heavy atom. The Kier molecular flexibility index (Phi) is 10.7. The van der Waals surface area contributed by atoms with Gasteiger partial charge in [-0.3, -0.25) is 9.59 Å². The van der Waals surface area contributed by atoms with Crippen LogP contribution in [0.15, 0.2) is 12.5 Å². The summed E-state index contributed by atoms with van der Waals surface area (Å²) in [4.78, 5) is 70.2. The number of nitrogens with zero attached hydrogens (tertiary/aromatic N) is 3. The fourth-order valence-electron chi connectivity index (χ4n) is 2.41. The molecule has 1 rings (SSSR count). The highest BCUT2D eigenvalue weighted by Gasteiger charge is 2.21. The average molecular weight is 446 g/mol. The molecule has 2 amide bonds. The standard InChI is InChI=1S/C15H22N6O10/c22-13(3-1-2-11(31-21(28)29)8-30-20(26)27)17-5-4-14(23)19-12(15(24)25)6-10-7-16-9-18-10/h7,9,11-12H,1-6,8H2,(H,16,18)(H,17,22)(H,19,23)(H,24,25)/t11-,12?/m0/s1. The zero-order chi connectivity index (χ0) is 23.2. The minimum absolute atomic E-state index is 0.0149. The molecule has 172 valence electrons. The predicted octanol–water partition coefficient (Wildman–Crippen LogP) is -1.02. The Labute approximate surface area is 174 Å². The van der Waals surface area contributed by atoms with Gasteiger partial charge in [0.2, 0.25) is 11.8 Å². The Morgan fingerprint density at radius 1 is 1.19 bits per heavy atom. The largest absolute Gasteiger partial charge is 0.480 e. The van der Waals surface area contributed by atoms with Crippen LogP contribution in [0.5, 0.6) is 0 Å². The van der Waals surface area contributed by atoms with E-state index >= 15 is 0 Å². The second-order valence-electron chi connectivity index (χ2n) is 6.20. The number of aromatic nitrogens is 2. The second kappa shape index (κ2) is 13.3. The lowest BCUT2D eigenvalue weighted by atomic mass is 10.1. The highest BCUT2D eigenvalue weighted by atomic mass is 17.0. The van der Waals surface area contributed by atoms with E-state index in [9.17, 15) is 39.7 Å². The maximum absolute atomic E-state index is 11.9. The number of hydrogen-bond donors (Lipinski definition) is 4. The van der Waals surface area contributed by atoms with E-state index in [1.54, 1.807) is 0 Å². The van der Waals surface area contributed by atoms with Crippen molar-refractivity contribution in [3.63, 3.8) is 0 Å². The molecule has 0 aliphatic rings. The van der Waals surface area contributed by atoms with Gasteiger partial charge >= 0.3 is 5.97 Å². The first-order valence-corrected chi connectivity index (χ1v) is 9.02. The first-order chi connectivity index (χ1) is 14.7. The number of aliphatic carboxylic acids is 1. The van der Waals surface area contributed by atoms with Crippen molar-refractivity contribution in [2.75, 3.05) is 13.2 Å². The van der Waals surface area contributed by atoms with E-state index < -0.39 is 46.7 Å². The number of aromatic amines is 1. The molecule has 1 aromatic heterocycles. The average Bonchev–Trinajstić information content (AvgIpc) is 3.18. The third-order valence-corrected chi connectivity index (χ3v) is 3.82. The zero-order valence-corrected chi connectivity index (χ0v) is 16.2. The van der Waals surface area contributed by atoms with Gasteiger partial charge in [-0.05, 0) is 12.8 Å². The molecular formula is C15H22N6O10. The maximum Gasteiger partial charge on any atom is 0.326 e. The van der Waals surface area contributed by atoms with Gasteiger partial charge in [0, 0.05) is 37.7 Å². The lowest BCUT2D eigenvalue weighted by molar-refractivity contribution is -0.790. The Bertz CT molecular complexity index is 755. The first-order valence-electron chi connectivity index (χ1n) is 9.02. The molecule has 0 spiro atoms. The fourth-order valence-corrected chi connectivity index (χ4v) is 2.41. The number of hydrogen-bond acceptors (Lipinski definition) is 10. The summed E-state index contributed by atoms with van der Waals surface area (Å²) in [7, 11) is 0. The number of amides is 2. The van der Waals surface area contributed by atoms with Crippen LogP contribution in [0.3, 0.4) is 0 Å². The minimum Gasteiger partial charge on any atom is -0.480 e. The monoisotopic (exact) mass is 446 g/mol. The molecule has 1 unspecified atom stereocenters. The van der Waals surface area contributed by atoms with Crippen molar-refractivity contribution in [2.24, 2.45) is 0 Å². The molecule has 0 aliphatic carbocycles. The van der Waals surface area contributed by atoms with Crippen molar-refractivity contribution < 1.29 is 39.3 Å². The number of carbonyl (C=O) groups excluding carboxylic acids is 2. The highest BCUT2D eigenvalue weighted by molar-refractivity contribution is 5.84. The van der Waals surface area contributed by atoms with Gasteiger partial charge in [-0.2, -0.15) is 0 Å². The number of imidazole rings is 1. The number of nitrogens with one attached hydrogen (secondary N) is 3. The molecule has 16 nitrogen and oxygen atoms in total. The van der Waals surface area contributed by atoms with Crippen LogP contribution in [-0.4, -0.2) is 68.3 Å². The molecule has 0 fully saturated rings. The van der Waals surface area contributed by atoms with E-state index in [-0.39, 0.29) is 38.6 Å². The number of H-pyrrole nitrogens is 1. The molecule has 0 aliphatic heterocycles. The Morgan fingerprint density at radius 2 is 1.94 bits per heavy atom. The molecule has 0 saturated carbocycles. The van der Waals surface area contributed by atoms with Gasteiger partial charge in [-0.15, -0.1) is 20.2 Å². The number of carboxylic acid groups (broad SMARTS) is 1. The molecule has 16 heteroatoms. The minimum atomic E-state index is -1.22. The van der Waals surface area contributed by atoms with Gasteiger partial charge in [-0.25, -0.2) is 9.78 Å². The van der Waals surface area contributed by atoms with Crippen LogP contribution < -0.4 is 10.6 Å². The summed E-state index contributed by atoms with van der Waals surface area (Å²) in [6.45, 7) is -0.709. The third kappa shape index (κ3) is 11.6. The van der Waals surface area contributed by atoms with Gasteiger partial charge in [-0.1, -0.05) is 0 Å². The first kappa shape index (κ1) is 25.1.